The van der Waals surface area contributed by atoms with Gasteiger partial charge < -0.3 is 10.5 Å². The molecule has 17 heavy (non-hydrogen) atoms. The van der Waals surface area contributed by atoms with Crippen molar-refractivity contribution in [3.8, 4) is 0 Å². The topological polar surface area (TPSA) is 61.0 Å². The first-order chi connectivity index (χ1) is 7.73. The van der Waals surface area contributed by atoms with Crippen molar-refractivity contribution in [1.29, 1.82) is 0 Å². The minimum atomic E-state index is -0.477. The van der Waals surface area contributed by atoms with Crippen LogP contribution in [0.3, 0.4) is 0 Å². The zero-order chi connectivity index (χ0) is 13.3. The number of nitrogens with two attached hydrogens (primary N) is 1. The summed E-state index contributed by atoms with van der Waals surface area (Å²) >= 11 is 0. The van der Waals surface area contributed by atoms with Crippen LogP contribution in [0.25, 0.3) is 0 Å². The summed E-state index contributed by atoms with van der Waals surface area (Å²) < 4.78 is 5.52. The van der Waals surface area contributed by atoms with Crippen LogP contribution in [0.1, 0.15) is 52.6 Å². The van der Waals surface area contributed by atoms with E-state index in [2.05, 4.69) is 30.7 Å². The zero-order valence-electron chi connectivity index (χ0n) is 11.7. The first kappa shape index (κ1) is 13.9. The molecule has 2 N–H and O–H groups in total. The van der Waals surface area contributed by atoms with Gasteiger partial charge in [0.05, 0.1) is 5.69 Å². The van der Waals surface area contributed by atoms with Crippen molar-refractivity contribution in [2.75, 3.05) is 12.8 Å². The largest absolute Gasteiger partial charge is 0.384 e. The zero-order valence-corrected chi connectivity index (χ0v) is 11.7. The van der Waals surface area contributed by atoms with Crippen molar-refractivity contribution >= 4 is 5.82 Å². The van der Waals surface area contributed by atoms with Crippen molar-refractivity contribution in [2.45, 2.75) is 52.1 Å². The van der Waals surface area contributed by atoms with Crippen LogP contribution < -0.4 is 5.73 Å². The highest BCUT2D eigenvalue weighted by Crippen LogP contribution is 2.28. The van der Waals surface area contributed by atoms with Crippen LogP contribution in [-0.4, -0.2) is 17.1 Å². The SMILES string of the molecule is CCC(C)(OC)c1nc(N)cc(C(C)(C)C)n1. The van der Waals surface area contributed by atoms with E-state index in [0.29, 0.717) is 11.6 Å². The fourth-order valence-electron chi connectivity index (χ4n) is 1.48. The summed E-state index contributed by atoms with van der Waals surface area (Å²) in [4.78, 5) is 8.91. The van der Waals surface area contributed by atoms with Crippen LogP contribution in [0.15, 0.2) is 6.07 Å². The summed E-state index contributed by atoms with van der Waals surface area (Å²) in [6.45, 7) is 10.3. The molecule has 0 spiro atoms. The van der Waals surface area contributed by atoms with E-state index in [1.54, 1.807) is 7.11 Å². The highest BCUT2D eigenvalue weighted by atomic mass is 16.5. The van der Waals surface area contributed by atoms with Crippen LogP contribution >= 0.6 is 0 Å². The molecule has 1 rings (SSSR count). The molecule has 1 atom stereocenters. The molecule has 4 nitrogen and oxygen atoms in total. The Morgan fingerprint density at radius 1 is 1.24 bits per heavy atom. The van der Waals surface area contributed by atoms with Crippen LogP contribution in [0.4, 0.5) is 5.82 Å². The van der Waals surface area contributed by atoms with Crippen LogP contribution in [0.2, 0.25) is 0 Å². The summed E-state index contributed by atoms with van der Waals surface area (Å²) in [7, 11) is 1.67. The predicted molar refractivity (Wildman–Crippen MR) is 69.8 cm³/mol. The Labute approximate surface area is 104 Å². The third kappa shape index (κ3) is 2.94. The quantitative estimate of drug-likeness (QED) is 0.878. The first-order valence-electron chi connectivity index (χ1n) is 5.93. The molecule has 0 amide bonds. The summed E-state index contributed by atoms with van der Waals surface area (Å²) in [6, 6.07) is 1.83. The predicted octanol–water partition coefficient (Wildman–Crippen LogP) is 2.63. The van der Waals surface area contributed by atoms with Crippen molar-refractivity contribution < 1.29 is 4.74 Å². The van der Waals surface area contributed by atoms with Gasteiger partial charge in [-0.25, -0.2) is 9.97 Å². The number of methoxy groups -OCH3 is 1. The fraction of sp³-hybridized carbons (Fsp3) is 0.692. The maximum Gasteiger partial charge on any atom is 0.162 e. The normalized spacial score (nSPS) is 15.6. The van der Waals surface area contributed by atoms with Gasteiger partial charge in [0, 0.05) is 18.6 Å². The lowest BCUT2D eigenvalue weighted by molar-refractivity contribution is -0.00915. The molecule has 1 unspecified atom stereocenters. The van der Waals surface area contributed by atoms with E-state index in [1.165, 1.54) is 0 Å². The Kier molecular flexibility index (Phi) is 3.77. The maximum atomic E-state index is 5.86. The molecular formula is C13H23N3O. The molecule has 4 heteroatoms. The lowest BCUT2D eigenvalue weighted by Crippen LogP contribution is -2.28. The summed E-state index contributed by atoms with van der Waals surface area (Å²) in [6.07, 6.45) is 0.802. The molecule has 0 aliphatic heterocycles. The molecule has 0 radical (unpaired) electrons. The average Bonchev–Trinajstić information content (AvgIpc) is 2.26. The Hall–Kier alpha value is -1.16. The molecule has 0 bridgehead atoms. The summed E-state index contributed by atoms with van der Waals surface area (Å²) in [5.74, 6) is 1.16. The standard InChI is InChI=1S/C13H23N3O/c1-7-13(5,17-6)11-15-9(12(2,3)4)8-10(14)16-11/h8H,7H2,1-6H3,(H2,14,15,16). The van der Waals surface area contributed by atoms with Gasteiger partial charge in [0.2, 0.25) is 0 Å². The van der Waals surface area contributed by atoms with E-state index in [4.69, 9.17) is 10.5 Å². The van der Waals surface area contributed by atoms with E-state index >= 15 is 0 Å². The number of hydrogen-bond acceptors (Lipinski definition) is 4. The maximum absolute atomic E-state index is 5.86. The number of anilines is 1. The molecule has 0 aliphatic rings. The van der Waals surface area contributed by atoms with Gasteiger partial charge in [-0.1, -0.05) is 27.7 Å². The molecule has 1 aromatic heterocycles. The van der Waals surface area contributed by atoms with Crippen molar-refractivity contribution in [2.24, 2.45) is 0 Å². The van der Waals surface area contributed by atoms with Crippen molar-refractivity contribution in [3.05, 3.63) is 17.6 Å². The minimum absolute atomic E-state index is 0.0474. The number of nitrogens with zero attached hydrogens (tertiary/aromatic N) is 2. The molecule has 0 saturated carbocycles. The van der Waals surface area contributed by atoms with Crippen molar-refractivity contribution in [3.63, 3.8) is 0 Å². The first-order valence-corrected chi connectivity index (χ1v) is 5.93. The van der Waals surface area contributed by atoms with Gasteiger partial charge in [-0.2, -0.15) is 0 Å². The highest BCUT2D eigenvalue weighted by molar-refractivity contribution is 5.33. The Balaban J connectivity index is 3.32. The van der Waals surface area contributed by atoms with Crippen molar-refractivity contribution in [1.82, 2.24) is 9.97 Å². The van der Waals surface area contributed by atoms with Crippen LogP contribution in [0.5, 0.6) is 0 Å². The lowest BCUT2D eigenvalue weighted by atomic mass is 9.91. The smallest absolute Gasteiger partial charge is 0.162 e. The van der Waals surface area contributed by atoms with Gasteiger partial charge in [-0.05, 0) is 13.3 Å². The number of hydrogen-bond donors (Lipinski definition) is 1. The van der Waals surface area contributed by atoms with Crippen LogP contribution in [0, 0.1) is 0 Å². The highest BCUT2D eigenvalue weighted by Gasteiger charge is 2.29. The molecule has 0 aromatic carbocycles. The Morgan fingerprint density at radius 2 is 1.82 bits per heavy atom. The minimum Gasteiger partial charge on any atom is -0.384 e. The Bertz CT molecular complexity index is 392. The summed E-state index contributed by atoms with van der Waals surface area (Å²) in [5, 5.41) is 0. The number of rotatable bonds is 3. The van der Waals surface area contributed by atoms with Gasteiger partial charge in [-0.15, -0.1) is 0 Å². The van der Waals surface area contributed by atoms with Gasteiger partial charge in [-0.3, -0.25) is 0 Å². The molecular weight excluding hydrogens is 214 g/mol. The third-order valence-electron chi connectivity index (χ3n) is 3.11. The van der Waals surface area contributed by atoms with Gasteiger partial charge >= 0.3 is 0 Å². The second kappa shape index (κ2) is 4.61. The molecule has 1 heterocycles. The van der Waals surface area contributed by atoms with Gasteiger partial charge in [0.1, 0.15) is 11.4 Å². The number of ether oxygens (including phenoxy) is 1. The number of aromatic nitrogens is 2. The molecule has 1 aromatic rings. The monoisotopic (exact) mass is 237 g/mol. The molecule has 0 saturated heterocycles. The fourth-order valence-corrected chi connectivity index (χ4v) is 1.48. The van der Waals surface area contributed by atoms with E-state index in [1.807, 2.05) is 19.9 Å². The number of nitrogen functional groups attached to an aromatic ring is 1. The summed E-state index contributed by atoms with van der Waals surface area (Å²) in [5.41, 5.74) is 6.27. The molecule has 0 fully saturated rings. The van der Waals surface area contributed by atoms with E-state index in [-0.39, 0.29) is 5.41 Å². The van der Waals surface area contributed by atoms with Crippen LogP contribution in [-0.2, 0) is 15.8 Å². The second-order valence-electron chi connectivity index (χ2n) is 5.54. The second-order valence-corrected chi connectivity index (χ2v) is 5.54. The lowest BCUT2D eigenvalue weighted by Gasteiger charge is -2.27. The van der Waals surface area contributed by atoms with Gasteiger partial charge in [0.25, 0.3) is 0 Å². The third-order valence-corrected chi connectivity index (χ3v) is 3.11. The van der Waals surface area contributed by atoms with E-state index < -0.39 is 5.60 Å². The molecule has 0 aliphatic carbocycles. The van der Waals surface area contributed by atoms with Gasteiger partial charge in [0.15, 0.2) is 5.82 Å². The van der Waals surface area contributed by atoms with E-state index in [0.717, 1.165) is 12.1 Å². The van der Waals surface area contributed by atoms with E-state index in [9.17, 15) is 0 Å². The average molecular weight is 237 g/mol. The Morgan fingerprint density at radius 3 is 2.24 bits per heavy atom. The molecule has 96 valence electrons.